The van der Waals surface area contributed by atoms with Crippen molar-refractivity contribution in [2.75, 3.05) is 13.2 Å². The van der Waals surface area contributed by atoms with E-state index >= 15 is 0 Å². The quantitative estimate of drug-likeness (QED) is 0.430. The number of para-hydroxylation sites is 2. The third-order valence-corrected chi connectivity index (χ3v) is 5.15. The van der Waals surface area contributed by atoms with Crippen molar-refractivity contribution in [1.29, 1.82) is 0 Å². The van der Waals surface area contributed by atoms with Crippen molar-refractivity contribution in [3.8, 4) is 0 Å². The van der Waals surface area contributed by atoms with Crippen molar-refractivity contribution in [1.82, 2.24) is 15.3 Å². The zero-order chi connectivity index (χ0) is 22.2. The van der Waals surface area contributed by atoms with Crippen LogP contribution in [0.5, 0.6) is 0 Å². The highest BCUT2D eigenvalue weighted by Gasteiger charge is 2.16. The number of esters is 1. The summed E-state index contributed by atoms with van der Waals surface area (Å²) in [6.07, 6.45) is 2.08. The molecule has 32 heavy (non-hydrogen) atoms. The number of aromatic nitrogens is 2. The predicted molar refractivity (Wildman–Crippen MR) is 122 cm³/mol. The van der Waals surface area contributed by atoms with E-state index in [-0.39, 0.29) is 24.1 Å². The molecule has 0 unspecified atom stereocenters. The molecule has 0 atom stereocenters. The summed E-state index contributed by atoms with van der Waals surface area (Å²) in [6.45, 7) is 0.0926. The largest absolute Gasteiger partial charge is 0.451 e. The molecule has 3 aromatic carbocycles. The Morgan fingerprint density at radius 1 is 0.812 bits per heavy atom. The van der Waals surface area contributed by atoms with Crippen molar-refractivity contribution >= 4 is 22.9 Å². The van der Waals surface area contributed by atoms with Crippen molar-refractivity contribution in [2.24, 2.45) is 0 Å². The maximum absolute atomic E-state index is 12.2. The first-order valence-corrected chi connectivity index (χ1v) is 10.5. The van der Waals surface area contributed by atoms with Gasteiger partial charge in [-0.25, -0.2) is 9.78 Å². The van der Waals surface area contributed by atoms with E-state index in [0.29, 0.717) is 17.6 Å². The molecular formula is C26H23N3O3. The Bertz CT molecular complexity index is 1160. The smallest absolute Gasteiger partial charge is 0.359 e. The van der Waals surface area contributed by atoms with Gasteiger partial charge >= 0.3 is 5.97 Å². The molecule has 6 nitrogen and oxygen atoms in total. The Balaban J connectivity index is 1.30. The van der Waals surface area contributed by atoms with Crippen molar-refractivity contribution in [3.63, 3.8) is 0 Å². The molecular weight excluding hydrogens is 402 g/mol. The van der Waals surface area contributed by atoms with Crippen LogP contribution in [-0.2, 0) is 9.53 Å². The van der Waals surface area contributed by atoms with E-state index in [2.05, 4.69) is 39.6 Å². The van der Waals surface area contributed by atoms with Crippen molar-refractivity contribution in [3.05, 3.63) is 108 Å². The van der Waals surface area contributed by atoms with Crippen LogP contribution in [0.2, 0.25) is 0 Å². The second kappa shape index (κ2) is 10.3. The number of rotatable bonds is 8. The van der Waals surface area contributed by atoms with Gasteiger partial charge < -0.3 is 10.1 Å². The topological polar surface area (TPSA) is 81.2 Å². The average molecular weight is 425 g/mol. The summed E-state index contributed by atoms with van der Waals surface area (Å²) in [4.78, 5) is 32.9. The number of carbonyl (C=O) groups is 2. The molecule has 1 heterocycles. The number of nitrogens with zero attached hydrogens (tertiary/aromatic N) is 2. The highest BCUT2D eigenvalue weighted by molar-refractivity contribution is 5.91. The standard InChI is InChI=1S/C26H23N3O3/c30-25(18-32-26(31)24-17-28-22-13-7-8-14-23(22)29-24)27-16-15-21(19-9-3-1-4-10-19)20-11-5-2-6-12-20/h1-14,17,21H,15-16,18H2,(H,27,30). The Morgan fingerprint density at radius 3 is 2.06 bits per heavy atom. The van der Waals surface area contributed by atoms with Gasteiger partial charge in [0.05, 0.1) is 17.2 Å². The minimum Gasteiger partial charge on any atom is -0.451 e. The zero-order valence-electron chi connectivity index (χ0n) is 17.5. The van der Waals surface area contributed by atoms with Crippen molar-refractivity contribution in [2.45, 2.75) is 12.3 Å². The van der Waals surface area contributed by atoms with Crippen LogP contribution >= 0.6 is 0 Å². The van der Waals surface area contributed by atoms with Gasteiger partial charge in [0.2, 0.25) is 0 Å². The fraction of sp³-hybridized carbons (Fsp3) is 0.154. The van der Waals surface area contributed by atoms with Gasteiger partial charge in [-0.2, -0.15) is 0 Å². The Morgan fingerprint density at radius 2 is 1.41 bits per heavy atom. The average Bonchev–Trinajstić information content (AvgIpc) is 2.86. The van der Waals surface area contributed by atoms with Gasteiger partial charge in [0, 0.05) is 12.5 Å². The number of amides is 1. The summed E-state index contributed by atoms with van der Waals surface area (Å²) in [5.74, 6) is -0.870. The maximum atomic E-state index is 12.2. The normalized spacial score (nSPS) is 10.8. The monoisotopic (exact) mass is 425 g/mol. The Kier molecular flexibility index (Phi) is 6.82. The van der Waals surface area contributed by atoms with E-state index in [1.165, 1.54) is 17.3 Å². The zero-order valence-corrected chi connectivity index (χ0v) is 17.5. The first-order chi connectivity index (χ1) is 15.7. The van der Waals surface area contributed by atoms with Gasteiger partial charge in [-0.15, -0.1) is 0 Å². The van der Waals surface area contributed by atoms with Crippen LogP contribution < -0.4 is 5.32 Å². The number of ether oxygens (including phenoxy) is 1. The van der Waals surface area contributed by atoms with Crippen LogP contribution in [0.4, 0.5) is 0 Å². The van der Waals surface area contributed by atoms with E-state index in [9.17, 15) is 9.59 Å². The minimum absolute atomic E-state index is 0.0738. The lowest BCUT2D eigenvalue weighted by molar-refractivity contribution is -0.124. The molecule has 0 spiro atoms. The highest BCUT2D eigenvalue weighted by Crippen LogP contribution is 2.27. The van der Waals surface area contributed by atoms with E-state index < -0.39 is 5.97 Å². The molecule has 0 radical (unpaired) electrons. The molecule has 0 saturated heterocycles. The number of hydrogen-bond donors (Lipinski definition) is 1. The van der Waals surface area contributed by atoms with Crippen LogP contribution in [0.15, 0.2) is 91.1 Å². The second-order valence-electron chi connectivity index (χ2n) is 7.33. The van der Waals surface area contributed by atoms with E-state index in [1.54, 1.807) is 6.07 Å². The van der Waals surface area contributed by atoms with E-state index in [0.717, 1.165) is 6.42 Å². The molecule has 1 aromatic heterocycles. The summed E-state index contributed by atoms with van der Waals surface area (Å²) < 4.78 is 5.11. The van der Waals surface area contributed by atoms with Crippen LogP contribution in [-0.4, -0.2) is 35.0 Å². The molecule has 0 aliphatic carbocycles. The molecule has 4 rings (SSSR count). The molecule has 4 aromatic rings. The number of hydrogen-bond acceptors (Lipinski definition) is 5. The lowest BCUT2D eigenvalue weighted by atomic mass is 9.88. The number of nitrogens with one attached hydrogen (secondary N) is 1. The first kappa shape index (κ1) is 21.2. The summed E-state index contributed by atoms with van der Waals surface area (Å²) in [7, 11) is 0. The van der Waals surface area contributed by atoms with E-state index in [4.69, 9.17) is 4.74 Å². The molecule has 6 heteroatoms. The van der Waals surface area contributed by atoms with Gasteiger partial charge in [0.25, 0.3) is 5.91 Å². The summed E-state index contributed by atoms with van der Waals surface area (Å²) in [5.41, 5.74) is 3.74. The molecule has 1 N–H and O–H groups in total. The molecule has 0 aliphatic rings. The third-order valence-electron chi connectivity index (χ3n) is 5.15. The van der Waals surface area contributed by atoms with Crippen LogP contribution in [0.1, 0.15) is 34.0 Å². The molecule has 0 aliphatic heterocycles. The van der Waals surface area contributed by atoms with Crippen LogP contribution in [0, 0.1) is 0 Å². The molecule has 0 fully saturated rings. The lowest BCUT2D eigenvalue weighted by Crippen LogP contribution is -2.30. The van der Waals surface area contributed by atoms with Gasteiger partial charge in [-0.05, 0) is 29.7 Å². The number of carbonyl (C=O) groups excluding carboxylic acids is 2. The van der Waals surface area contributed by atoms with Crippen LogP contribution in [0.3, 0.4) is 0 Å². The summed E-state index contributed by atoms with van der Waals surface area (Å²) >= 11 is 0. The molecule has 0 bridgehead atoms. The SMILES string of the molecule is O=C(COC(=O)c1cnc2ccccc2n1)NCCC(c1ccccc1)c1ccccc1. The van der Waals surface area contributed by atoms with E-state index in [1.807, 2.05) is 54.6 Å². The third kappa shape index (κ3) is 5.35. The molecule has 160 valence electrons. The Hall–Kier alpha value is -4.06. The summed E-state index contributed by atoms with van der Waals surface area (Å²) in [5, 5.41) is 2.84. The van der Waals surface area contributed by atoms with Crippen LogP contribution in [0.25, 0.3) is 11.0 Å². The molecule has 0 saturated carbocycles. The van der Waals surface area contributed by atoms with Gasteiger partial charge in [0.1, 0.15) is 0 Å². The van der Waals surface area contributed by atoms with Crippen molar-refractivity contribution < 1.29 is 14.3 Å². The lowest BCUT2D eigenvalue weighted by Gasteiger charge is -2.18. The highest BCUT2D eigenvalue weighted by atomic mass is 16.5. The molecule has 1 amide bonds. The fourth-order valence-corrected chi connectivity index (χ4v) is 3.56. The first-order valence-electron chi connectivity index (χ1n) is 10.5. The maximum Gasteiger partial charge on any atom is 0.359 e. The Labute approximate surface area is 186 Å². The van der Waals surface area contributed by atoms with Gasteiger partial charge in [0.15, 0.2) is 12.3 Å². The fourth-order valence-electron chi connectivity index (χ4n) is 3.56. The summed E-state index contributed by atoms with van der Waals surface area (Å²) in [6, 6.07) is 27.6. The number of fused-ring (bicyclic) bond motifs is 1. The van der Waals surface area contributed by atoms with Gasteiger partial charge in [-0.1, -0.05) is 72.8 Å². The predicted octanol–water partition coefficient (Wildman–Crippen LogP) is 4.13. The minimum atomic E-state index is -0.676. The van der Waals surface area contributed by atoms with Gasteiger partial charge in [-0.3, -0.25) is 9.78 Å². The second-order valence-corrected chi connectivity index (χ2v) is 7.33. The number of benzene rings is 3.